The van der Waals surface area contributed by atoms with Gasteiger partial charge in [0, 0.05) is 0 Å². The van der Waals surface area contributed by atoms with Crippen molar-refractivity contribution >= 4 is 39.5 Å². The number of aromatic hydroxyl groups is 1. The molecule has 0 bridgehead atoms. The third kappa shape index (κ3) is 3.23. The van der Waals surface area contributed by atoms with Crippen molar-refractivity contribution in [1.82, 2.24) is 5.43 Å². The highest BCUT2D eigenvalue weighted by Crippen LogP contribution is 2.36. The molecule has 3 rings (SSSR count). The fourth-order valence-electron chi connectivity index (χ4n) is 2.43. The van der Waals surface area contributed by atoms with Crippen molar-refractivity contribution < 1.29 is 19.4 Å². The molecule has 2 aromatic rings. The Balaban J connectivity index is 1.96. The molecule has 2 amide bonds. The van der Waals surface area contributed by atoms with Crippen LogP contribution in [0.15, 0.2) is 46.4 Å². The minimum absolute atomic E-state index is 0.000202. The predicted octanol–water partition coefficient (Wildman–Crippen LogP) is 2.93. The average molecular weight is 403 g/mol. The standard InChI is InChI=1S/C18H15BrN2O4/c1-10-3-5-12(6-4-10)21-18(24)13(17(23)20-21)7-11-8-14(19)16(22)15(9-11)25-2/h3-9,22H,1-2H3,(H,20,23). The fraction of sp³-hybridized carbons (Fsp3) is 0.111. The Hall–Kier alpha value is -2.80. The van der Waals surface area contributed by atoms with E-state index in [1.54, 1.807) is 24.3 Å². The first kappa shape index (κ1) is 17.0. The van der Waals surface area contributed by atoms with Gasteiger partial charge in [0.15, 0.2) is 11.5 Å². The number of rotatable bonds is 3. The van der Waals surface area contributed by atoms with E-state index in [2.05, 4.69) is 21.4 Å². The molecule has 1 aliphatic heterocycles. The van der Waals surface area contributed by atoms with E-state index in [-0.39, 0.29) is 17.1 Å². The van der Waals surface area contributed by atoms with Crippen molar-refractivity contribution in [1.29, 1.82) is 0 Å². The van der Waals surface area contributed by atoms with Crippen LogP contribution in [-0.4, -0.2) is 24.0 Å². The van der Waals surface area contributed by atoms with E-state index in [9.17, 15) is 14.7 Å². The third-order valence-electron chi connectivity index (χ3n) is 3.77. The summed E-state index contributed by atoms with van der Waals surface area (Å²) in [7, 11) is 1.42. The first-order valence-corrected chi connectivity index (χ1v) is 8.20. The number of hydrazine groups is 1. The van der Waals surface area contributed by atoms with Gasteiger partial charge in [0.1, 0.15) is 5.57 Å². The van der Waals surface area contributed by atoms with Crippen LogP contribution in [-0.2, 0) is 9.59 Å². The lowest BCUT2D eigenvalue weighted by atomic mass is 10.1. The second-order valence-corrected chi connectivity index (χ2v) is 6.38. The summed E-state index contributed by atoms with van der Waals surface area (Å²) in [6, 6.07) is 10.4. The maximum Gasteiger partial charge on any atom is 0.282 e. The zero-order valence-electron chi connectivity index (χ0n) is 13.5. The van der Waals surface area contributed by atoms with E-state index in [0.29, 0.717) is 15.7 Å². The van der Waals surface area contributed by atoms with Gasteiger partial charge in [0.05, 0.1) is 17.3 Å². The quantitative estimate of drug-likeness (QED) is 0.610. The molecular weight excluding hydrogens is 388 g/mol. The number of phenolic OH excluding ortho intramolecular Hbond substituents is 1. The van der Waals surface area contributed by atoms with Gasteiger partial charge in [-0.25, -0.2) is 5.01 Å². The molecule has 0 radical (unpaired) electrons. The monoisotopic (exact) mass is 402 g/mol. The average Bonchev–Trinajstić information content (AvgIpc) is 2.86. The van der Waals surface area contributed by atoms with E-state index < -0.39 is 11.8 Å². The highest BCUT2D eigenvalue weighted by atomic mass is 79.9. The summed E-state index contributed by atoms with van der Waals surface area (Å²) in [5.41, 5.74) is 4.73. The number of ether oxygens (including phenoxy) is 1. The molecule has 0 saturated carbocycles. The molecule has 6 nitrogen and oxygen atoms in total. The summed E-state index contributed by atoms with van der Waals surface area (Å²) < 4.78 is 5.48. The summed E-state index contributed by atoms with van der Waals surface area (Å²) in [5.74, 6) is -0.749. The molecule has 0 aliphatic carbocycles. The number of hydrogen-bond acceptors (Lipinski definition) is 4. The van der Waals surface area contributed by atoms with Crippen LogP contribution in [0.25, 0.3) is 6.08 Å². The lowest BCUT2D eigenvalue weighted by Gasteiger charge is -2.14. The molecule has 7 heteroatoms. The van der Waals surface area contributed by atoms with Crippen LogP contribution < -0.4 is 15.2 Å². The number of amides is 2. The summed E-state index contributed by atoms with van der Waals surface area (Å²) in [4.78, 5) is 24.8. The number of halogens is 1. The number of phenols is 1. The van der Waals surface area contributed by atoms with Crippen molar-refractivity contribution in [2.24, 2.45) is 0 Å². The molecule has 1 aliphatic rings. The lowest BCUT2D eigenvalue weighted by Crippen LogP contribution is -2.35. The van der Waals surface area contributed by atoms with Crippen molar-refractivity contribution in [3.05, 3.63) is 57.6 Å². The summed E-state index contributed by atoms with van der Waals surface area (Å²) in [6.45, 7) is 1.94. The number of methoxy groups -OCH3 is 1. The Morgan fingerprint density at radius 2 is 1.88 bits per heavy atom. The second-order valence-electron chi connectivity index (χ2n) is 5.53. The molecule has 0 unspecified atom stereocenters. The van der Waals surface area contributed by atoms with Crippen LogP contribution in [0.4, 0.5) is 5.69 Å². The molecule has 1 fully saturated rings. The molecule has 0 spiro atoms. The molecule has 0 atom stereocenters. The maximum atomic E-state index is 12.6. The van der Waals surface area contributed by atoms with Gasteiger partial charge in [0.25, 0.3) is 11.8 Å². The minimum atomic E-state index is -0.492. The smallest absolute Gasteiger partial charge is 0.282 e. The zero-order valence-corrected chi connectivity index (χ0v) is 15.1. The maximum absolute atomic E-state index is 12.6. The van der Waals surface area contributed by atoms with Gasteiger partial charge in [-0.05, 0) is 58.8 Å². The van der Waals surface area contributed by atoms with Gasteiger partial charge in [-0.2, -0.15) is 0 Å². The molecule has 25 heavy (non-hydrogen) atoms. The van der Waals surface area contributed by atoms with Crippen LogP contribution in [0.5, 0.6) is 11.5 Å². The second kappa shape index (κ2) is 6.60. The van der Waals surface area contributed by atoms with Gasteiger partial charge in [-0.1, -0.05) is 17.7 Å². The van der Waals surface area contributed by atoms with Crippen LogP contribution >= 0.6 is 15.9 Å². The number of benzene rings is 2. The first-order valence-electron chi connectivity index (χ1n) is 7.41. The molecule has 1 heterocycles. The first-order chi connectivity index (χ1) is 11.9. The van der Waals surface area contributed by atoms with E-state index in [1.165, 1.54) is 18.2 Å². The molecule has 128 valence electrons. The minimum Gasteiger partial charge on any atom is -0.503 e. The Labute approximate surface area is 152 Å². The lowest BCUT2D eigenvalue weighted by molar-refractivity contribution is -0.117. The van der Waals surface area contributed by atoms with E-state index in [4.69, 9.17) is 4.74 Å². The van der Waals surface area contributed by atoms with E-state index in [1.807, 2.05) is 19.1 Å². The predicted molar refractivity (Wildman–Crippen MR) is 97.1 cm³/mol. The van der Waals surface area contributed by atoms with Crippen LogP contribution in [0.1, 0.15) is 11.1 Å². The Morgan fingerprint density at radius 1 is 1.20 bits per heavy atom. The van der Waals surface area contributed by atoms with E-state index in [0.717, 1.165) is 5.56 Å². The van der Waals surface area contributed by atoms with Gasteiger partial charge in [0.2, 0.25) is 0 Å². The molecule has 0 aromatic heterocycles. The topological polar surface area (TPSA) is 78.9 Å². The third-order valence-corrected chi connectivity index (χ3v) is 4.37. The number of anilines is 1. The number of carbonyl (C=O) groups excluding carboxylic acids is 2. The van der Waals surface area contributed by atoms with Gasteiger partial charge in [-0.3, -0.25) is 15.0 Å². The molecule has 2 aromatic carbocycles. The van der Waals surface area contributed by atoms with Crippen LogP contribution in [0.3, 0.4) is 0 Å². The number of nitrogens with one attached hydrogen (secondary N) is 1. The molecular formula is C18H15BrN2O4. The number of nitrogens with zero attached hydrogens (tertiary/aromatic N) is 1. The highest BCUT2D eigenvalue weighted by molar-refractivity contribution is 9.10. The number of hydrogen-bond donors (Lipinski definition) is 2. The SMILES string of the molecule is COc1cc(C=C2C(=O)NN(c3ccc(C)cc3)C2=O)cc(Br)c1O. The van der Waals surface area contributed by atoms with E-state index >= 15 is 0 Å². The van der Waals surface area contributed by atoms with Gasteiger partial charge < -0.3 is 9.84 Å². The van der Waals surface area contributed by atoms with Crippen LogP contribution in [0.2, 0.25) is 0 Å². The van der Waals surface area contributed by atoms with Crippen molar-refractivity contribution in [2.45, 2.75) is 6.92 Å². The Bertz CT molecular complexity index is 891. The van der Waals surface area contributed by atoms with Crippen molar-refractivity contribution in [2.75, 3.05) is 12.1 Å². The summed E-state index contributed by atoms with van der Waals surface area (Å²) in [5, 5.41) is 11.1. The summed E-state index contributed by atoms with van der Waals surface area (Å²) >= 11 is 3.22. The van der Waals surface area contributed by atoms with Gasteiger partial charge >= 0.3 is 0 Å². The largest absolute Gasteiger partial charge is 0.503 e. The molecule has 1 saturated heterocycles. The Morgan fingerprint density at radius 3 is 2.52 bits per heavy atom. The number of aryl methyl sites for hydroxylation is 1. The number of carbonyl (C=O) groups is 2. The summed E-state index contributed by atoms with van der Waals surface area (Å²) in [6.07, 6.45) is 1.46. The fourth-order valence-corrected chi connectivity index (χ4v) is 2.89. The van der Waals surface area contributed by atoms with Crippen LogP contribution in [0, 0.1) is 6.92 Å². The van der Waals surface area contributed by atoms with Crippen molar-refractivity contribution in [3.8, 4) is 11.5 Å². The highest BCUT2D eigenvalue weighted by Gasteiger charge is 2.34. The normalized spacial score (nSPS) is 15.6. The Kier molecular flexibility index (Phi) is 4.50. The molecule has 2 N–H and O–H groups in total. The van der Waals surface area contributed by atoms with Crippen molar-refractivity contribution in [3.63, 3.8) is 0 Å². The van der Waals surface area contributed by atoms with Gasteiger partial charge in [-0.15, -0.1) is 0 Å². The zero-order chi connectivity index (χ0) is 18.1.